The second-order valence-corrected chi connectivity index (χ2v) is 6.52. The highest BCUT2D eigenvalue weighted by atomic mass is 19.2. The molecule has 3 aromatic rings. The summed E-state index contributed by atoms with van der Waals surface area (Å²) in [6, 6.07) is 13.0. The van der Waals surface area contributed by atoms with Crippen LogP contribution in [0.3, 0.4) is 0 Å². The third-order valence-corrected chi connectivity index (χ3v) is 4.79. The first-order valence-electron chi connectivity index (χ1n) is 8.86. The Kier molecular flexibility index (Phi) is 4.92. The van der Waals surface area contributed by atoms with Gasteiger partial charge in [-0.05, 0) is 29.8 Å². The third-order valence-electron chi connectivity index (χ3n) is 4.79. The van der Waals surface area contributed by atoms with Crippen LogP contribution in [0.4, 0.5) is 14.6 Å². The molecule has 0 saturated carbocycles. The van der Waals surface area contributed by atoms with Crippen LogP contribution in [-0.4, -0.2) is 37.8 Å². The molecule has 0 aliphatic carbocycles. The summed E-state index contributed by atoms with van der Waals surface area (Å²) in [5.74, 6) is -1.82. The van der Waals surface area contributed by atoms with Crippen molar-refractivity contribution in [3.05, 3.63) is 71.3 Å². The number of para-hydroxylation sites is 1. The van der Waals surface area contributed by atoms with Crippen LogP contribution in [0, 0.1) is 11.6 Å². The lowest BCUT2D eigenvalue weighted by Gasteiger charge is -2.34. The molecule has 0 radical (unpaired) electrons. The Morgan fingerprint density at radius 3 is 2.79 bits per heavy atom. The van der Waals surface area contributed by atoms with Crippen LogP contribution >= 0.6 is 0 Å². The molecular weight excluding hydrogens is 366 g/mol. The van der Waals surface area contributed by atoms with Crippen molar-refractivity contribution in [2.75, 3.05) is 31.7 Å². The predicted octanol–water partition coefficient (Wildman–Crippen LogP) is 3.88. The quantitative estimate of drug-likeness (QED) is 0.642. The third kappa shape index (κ3) is 3.41. The van der Waals surface area contributed by atoms with Crippen LogP contribution in [0.1, 0.15) is 22.0 Å². The summed E-state index contributed by atoms with van der Waals surface area (Å²) >= 11 is 0. The van der Waals surface area contributed by atoms with Crippen LogP contribution < -0.4 is 4.90 Å². The van der Waals surface area contributed by atoms with E-state index in [0.717, 1.165) is 23.0 Å². The summed E-state index contributed by atoms with van der Waals surface area (Å²) in [5.41, 5.74) is 1.64. The molecule has 1 aromatic heterocycles. The molecule has 0 amide bonds. The number of aromatic nitrogens is 1. The number of morpholine rings is 1. The fraction of sp³-hybridized carbons (Fsp3) is 0.238. The van der Waals surface area contributed by atoms with Crippen LogP contribution in [0.2, 0.25) is 0 Å². The van der Waals surface area contributed by atoms with E-state index in [1.807, 2.05) is 29.2 Å². The van der Waals surface area contributed by atoms with E-state index in [0.29, 0.717) is 36.6 Å². The molecule has 0 unspecified atom stereocenters. The largest absolute Gasteiger partial charge is 0.465 e. The highest BCUT2D eigenvalue weighted by Gasteiger charge is 2.27. The van der Waals surface area contributed by atoms with Gasteiger partial charge in [0.1, 0.15) is 17.5 Å². The number of nitrogens with zero attached hydrogens (tertiary/aromatic N) is 2. The van der Waals surface area contributed by atoms with E-state index in [1.165, 1.54) is 13.2 Å². The maximum absolute atomic E-state index is 13.6. The van der Waals surface area contributed by atoms with E-state index in [1.54, 1.807) is 6.07 Å². The fourth-order valence-corrected chi connectivity index (χ4v) is 3.36. The minimum atomic E-state index is -0.919. The maximum atomic E-state index is 13.6. The molecule has 1 fully saturated rings. The number of hydrogen-bond acceptors (Lipinski definition) is 5. The van der Waals surface area contributed by atoms with Crippen molar-refractivity contribution in [1.29, 1.82) is 0 Å². The molecular formula is C21H18F2N2O3. The van der Waals surface area contributed by atoms with Gasteiger partial charge in [0.25, 0.3) is 0 Å². The standard InChI is InChI=1S/C21H18F2N2O3/c1-27-21(26)15-10-13-4-2-3-5-18(13)24-20(15)25-8-9-28-19(12-25)14-6-7-16(22)17(23)11-14/h2-7,10-11,19H,8-9,12H2,1H3/t19-/m0/s1. The Hall–Kier alpha value is -3.06. The van der Waals surface area contributed by atoms with E-state index in [4.69, 9.17) is 9.47 Å². The molecule has 1 atom stereocenters. The molecule has 1 aliphatic heterocycles. The van der Waals surface area contributed by atoms with Gasteiger partial charge in [0.05, 0.1) is 19.2 Å². The Morgan fingerprint density at radius 2 is 2.00 bits per heavy atom. The van der Waals surface area contributed by atoms with Crippen molar-refractivity contribution >= 4 is 22.7 Å². The van der Waals surface area contributed by atoms with Crippen molar-refractivity contribution in [3.8, 4) is 0 Å². The summed E-state index contributed by atoms with van der Waals surface area (Å²) in [6.45, 7) is 1.22. The summed E-state index contributed by atoms with van der Waals surface area (Å²) < 4.78 is 37.6. The highest BCUT2D eigenvalue weighted by molar-refractivity contribution is 5.99. The van der Waals surface area contributed by atoms with Gasteiger partial charge in [0.2, 0.25) is 0 Å². The number of esters is 1. The van der Waals surface area contributed by atoms with Crippen LogP contribution in [0.25, 0.3) is 10.9 Å². The minimum Gasteiger partial charge on any atom is -0.465 e. The lowest BCUT2D eigenvalue weighted by atomic mass is 10.1. The Morgan fingerprint density at radius 1 is 1.18 bits per heavy atom. The Labute approximate surface area is 160 Å². The highest BCUT2D eigenvalue weighted by Crippen LogP contribution is 2.30. The van der Waals surface area contributed by atoms with Gasteiger partial charge >= 0.3 is 5.97 Å². The van der Waals surface area contributed by atoms with Crippen molar-refractivity contribution < 1.29 is 23.0 Å². The Bertz CT molecular complexity index is 1040. The number of methoxy groups -OCH3 is 1. The second-order valence-electron chi connectivity index (χ2n) is 6.52. The zero-order chi connectivity index (χ0) is 19.7. The molecule has 5 nitrogen and oxygen atoms in total. The number of anilines is 1. The van der Waals surface area contributed by atoms with E-state index in [9.17, 15) is 13.6 Å². The van der Waals surface area contributed by atoms with Crippen molar-refractivity contribution in [1.82, 2.24) is 4.98 Å². The fourth-order valence-electron chi connectivity index (χ4n) is 3.36. The maximum Gasteiger partial charge on any atom is 0.341 e. The number of benzene rings is 2. The number of halogens is 2. The van der Waals surface area contributed by atoms with E-state index >= 15 is 0 Å². The van der Waals surface area contributed by atoms with Gasteiger partial charge in [0, 0.05) is 18.5 Å². The summed E-state index contributed by atoms with van der Waals surface area (Å²) in [6.07, 6.45) is -0.470. The zero-order valence-electron chi connectivity index (χ0n) is 15.2. The average molecular weight is 384 g/mol. The van der Waals surface area contributed by atoms with Gasteiger partial charge in [-0.3, -0.25) is 0 Å². The molecule has 1 saturated heterocycles. The molecule has 2 aromatic carbocycles. The molecule has 144 valence electrons. The SMILES string of the molecule is COC(=O)c1cc2ccccc2nc1N1CCO[C@H](c2ccc(F)c(F)c2)C1. The van der Waals surface area contributed by atoms with Crippen molar-refractivity contribution in [2.45, 2.75) is 6.10 Å². The van der Waals surface area contributed by atoms with Gasteiger partial charge in [0.15, 0.2) is 11.6 Å². The minimum absolute atomic E-state index is 0.348. The number of fused-ring (bicyclic) bond motifs is 1. The Balaban J connectivity index is 1.71. The summed E-state index contributed by atoms with van der Waals surface area (Å²) in [4.78, 5) is 18.9. The molecule has 28 heavy (non-hydrogen) atoms. The number of ether oxygens (including phenoxy) is 2. The molecule has 4 rings (SSSR count). The summed E-state index contributed by atoms with van der Waals surface area (Å²) in [5, 5.41) is 0.831. The van der Waals surface area contributed by atoms with E-state index in [2.05, 4.69) is 4.98 Å². The number of carbonyl (C=O) groups is 1. The van der Waals surface area contributed by atoms with Gasteiger partial charge in [-0.15, -0.1) is 0 Å². The van der Waals surface area contributed by atoms with Gasteiger partial charge < -0.3 is 14.4 Å². The predicted molar refractivity (Wildman–Crippen MR) is 100 cm³/mol. The van der Waals surface area contributed by atoms with Crippen molar-refractivity contribution in [2.24, 2.45) is 0 Å². The van der Waals surface area contributed by atoms with Crippen LogP contribution in [0.5, 0.6) is 0 Å². The van der Waals surface area contributed by atoms with Gasteiger partial charge in [-0.2, -0.15) is 0 Å². The van der Waals surface area contributed by atoms with Gasteiger partial charge in [-0.1, -0.05) is 24.3 Å². The van der Waals surface area contributed by atoms with E-state index < -0.39 is 23.7 Å². The molecule has 7 heteroatoms. The molecule has 0 N–H and O–H groups in total. The molecule has 0 bridgehead atoms. The number of hydrogen-bond donors (Lipinski definition) is 0. The second kappa shape index (κ2) is 7.52. The summed E-state index contributed by atoms with van der Waals surface area (Å²) in [7, 11) is 1.32. The first-order valence-corrected chi connectivity index (χ1v) is 8.86. The van der Waals surface area contributed by atoms with Crippen LogP contribution in [0.15, 0.2) is 48.5 Å². The first kappa shape index (κ1) is 18.3. The molecule has 2 heterocycles. The van der Waals surface area contributed by atoms with Gasteiger partial charge in [-0.25, -0.2) is 18.6 Å². The monoisotopic (exact) mass is 384 g/mol. The van der Waals surface area contributed by atoms with Crippen molar-refractivity contribution in [3.63, 3.8) is 0 Å². The molecule has 1 aliphatic rings. The first-order chi connectivity index (χ1) is 13.6. The smallest absolute Gasteiger partial charge is 0.341 e. The topological polar surface area (TPSA) is 51.7 Å². The normalized spacial score (nSPS) is 17.0. The number of rotatable bonds is 3. The van der Waals surface area contributed by atoms with Crippen LogP contribution in [-0.2, 0) is 9.47 Å². The number of carbonyl (C=O) groups excluding carboxylic acids is 1. The number of pyridine rings is 1. The average Bonchev–Trinajstić information content (AvgIpc) is 2.74. The van der Waals surface area contributed by atoms with E-state index in [-0.39, 0.29) is 0 Å². The molecule has 0 spiro atoms. The zero-order valence-corrected chi connectivity index (χ0v) is 15.2. The lowest BCUT2D eigenvalue weighted by Crippen LogP contribution is -2.39. The lowest BCUT2D eigenvalue weighted by molar-refractivity contribution is 0.0389.